The first-order valence-electron chi connectivity index (χ1n) is 9.51. The molecule has 1 aromatic heterocycles. The molecule has 6 heteroatoms. The Hall–Kier alpha value is -2.11. The molecule has 0 unspecified atom stereocenters. The summed E-state index contributed by atoms with van der Waals surface area (Å²) in [5.74, 6) is 3.04. The van der Waals surface area contributed by atoms with Crippen molar-refractivity contribution in [1.29, 1.82) is 0 Å². The van der Waals surface area contributed by atoms with Crippen LogP contribution >= 0.6 is 0 Å². The molecular formula is C19H24N4O2. The van der Waals surface area contributed by atoms with Gasteiger partial charge >= 0.3 is 6.03 Å². The zero-order valence-corrected chi connectivity index (χ0v) is 14.2. The van der Waals surface area contributed by atoms with Crippen molar-refractivity contribution in [2.75, 3.05) is 11.4 Å². The summed E-state index contributed by atoms with van der Waals surface area (Å²) in [6, 6.07) is 3.44. The first-order chi connectivity index (χ1) is 12.2. The van der Waals surface area contributed by atoms with Gasteiger partial charge in [-0.1, -0.05) is 0 Å². The van der Waals surface area contributed by atoms with Crippen LogP contribution in [-0.4, -0.2) is 35.6 Å². The van der Waals surface area contributed by atoms with Crippen molar-refractivity contribution < 1.29 is 9.59 Å². The number of carbonyl (C=O) groups excluding carboxylic acids is 2. The van der Waals surface area contributed by atoms with Gasteiger partial charge in [0.2, 0.25) is 5.91 Å². The minimum Gasteiger partial charge on any atom is -0.335 e. The number of nitrogens with one attached hydrogen (secondary N) is 2. The van der Waals surface area contributed by atoms with E-state index in [4.69, 9.17) is 0 Å². The number of anilines is 1. The van der Waals surface area contributed by atoms with Gasteiger partial charge in [0.25, 0.3) is 0 Å². The van der Waals surface area contributed by atoms with Gasteiger partial charge in [-0.15, -0.1) is 0 Å². The van der Waals surface area contributed by atoms with E-state index in [2.05, 4.69) is 15.6 Å². The average molecular weight is 340 g/mol. The number of amides is 3. The zero-order valence-electron chi connectivity index (χ0n) is 14.2. The molecule has 1 aliphatic heterocycles. The highest BCUT2D eigenvalue weighted by Crippen LogP contribution is 2.65. The van der Waals surface area contributed by atoms with Crippen molar-refractivity contribution in [3.05, 3.63) is 24.5 Å². The highest BCUT2D eigenvalue weighted by Gasteiger charge is 2.65. The number of urea groups is 1. The maximum absolute atomic E-state index is 12.7. The number of rotatable bonds is 3. The van der Waals surface area contributed by atoms with Gasteiger partial charge in [0.05, 0.1) is 11.9 Å². The summed E-state index contributed by atoms with van der Waals surface area (Å²) >= 11 is 0. The van der Waals surface area contributed by atoms with Crippen molar-refractivity contribution in [3.8, 4) is 0 Å². The fourth-order valence-electron chi connectivity index (χ4n) is 5.65. The number of carbonyl (C=O) groups is 2. The van der Waals surface area contributed by atoms with Crippen LogP contribution in [0.3, 0.4) is 0 Å². The first-order valence-corrected chi connectivity index (χ1v) is 9.51. The molecule has 4 fully saturated rings. The van der Waals surface area contributed by atoms with E-state index in [9.17, 15) is 9.59 Å². The number of pyridine rings is 1. The summed E-state index contributed by atoms with van der Waals surface area (Å²) in [6.07, 6.45) is 9.02. The Bertz CT molecular complexity index is 678. The van der Waals surface area contributed by atoms with E-state index in [-0.39, 0.29) is 11.9 Å². The largest absolute Gasteiger partial charge is 0.335 e. The smallest absolute Gasteiger partial charge is 0.315 e. The molecule has 3 aliphatic carbocycles. The summed E-state index contributed by atoms with van der Waals surface area (Å²) in [5, 5.41) is 6.06. The van der Waals surface area contributed by atoms with Crippen molar-refractivity contribution >= 4 is 17.6 Å². The molecule has 132 valence electrons. The number of aromatic nitrogens is 1. The molecule has 0 spiro atoms. The van der Waals surface area contributed by atoms with Crippen LogP contribution < -0.4 is 15.5 Å². The highest BCUT2D eigenvalue weighted by molar-refractivity contribution is 5.99. The molecule has 25 heavy (non-hydrogen) atoms. The van der Waals surface area contributed by atoms with Gasteiger partial charge in [-0.3, -0.25) is 9.78 Å². The molecule has 1 saturated heterocycles. The molecule has 2 N–H and O–H groups in total. The number of nitrogens with zero attached hydrogens (tertiary/aromatic N) is 2. The predicted molar refractivity (Wildman–Crippen MR) is 92.9 cm³/mol. The van der Waals surface area contributed by atoms with E-state index < -0.39 is 6.04 Å². The fraction of sp³-hybridized carbons (Fsp3) is 0.632. The molecule has 3 amide bonds. The molecule has 5 rings (SSSR count). The molecule has 2 heterocycles. The lowest BCUT2D eigenvalue weighted by atomic mass is 10.0. The van der Waals surface area contributed by atoms with Gasteiger partial charge in [-0.05, 0) is 67.9 Å². The summed E-state index contributed by atoms with van der Waals surface area (Å²) in [4.78, 5) is 31.0. The highest BCUT2D eigenvalue weighted by atomic mass is 16.2. The number of piperidine rings is 1. The Morgan fingerprint density at radius 1 is 1.16 bits per heavy atom. The molecule has 0 aromatic carbocycles. The Labute approximate surface area is 147 Å². The van der Waals surface area contributed by atoms with Crippen LogP contribution in [0.4, 0.5) is 10.5 Å². The van der Waals surface area contributed by atoms with E-state index in [0.717, 1.165) is 23.9 Å². The number of hydrogen-bond donors (Lipinski definition) is 2. The van der Waals surface area contributed by atoms with Crippen molar-refractivity contribution in [3.63, 3.8) is 0 Å². The maximum Gasteiger partial charge on any atom is 0.315 e. The van der Waals surface area contributed by atoms with Crippen LogP contribution in [0.1, 0.15) is 32.1 Å². The standard InChI is InChI=1S/C19H24N4O2/c24-18-14(4-2-8-23(18)13-3-1-7-20-10-13)21-19(25)22-17-15-11-5-6-12(9-11)16(15)17/h1,3,7,10-12,14-17H,2,4-6,8-9H2,(H2,21,22,25)/t11-,12-,14+,15-,16-/m0/s1. The second-order valence-corrected chi connectivity index (χ2v) is 8.03. The van der Waals surface area contributed by atoms with E-state index in [0.29, 0.717) is 30.8 Å². The summed E-state index contributed by atoms with van der Waals surface area (Å²) in [6.45, 7) is 0.681. The van der Waals surface area contributed by atoms with Crippen LogP contribution in [0.15, 0.2) is 24.5 Å². The van der Waals surface area contributed by atoms with E-state index >= 15 is 0 Å². The van der Waals surface area contributed by atoms with Crippen LogP contribution in [0.5, 0.6) is 0 Å². The molecule has 2 bridgehead atoms. The fourth-order valence-corrected chi connectivity index (χ4v) is 5.65. The maximum atomic E-state index is 12.7. The molecule has 0 radical (unpaired) electrons. The van der Waals surface area contributed by atoms with E-state index in [1.165, 1.54) is 19.3 Å². The van der Waals surface area contributed by atoms with Crippen molar-refractivity contribution in [2.45, 2.75) is 44.2 Å². The molecule has 1 aromatic rings. The lowest BCUT2D eigenvalue weighted by molar-refractivity contribution is -0.121. The molecule has 5 atom stereocenters. The lowest BCUT2D eigenvalue weighted by Gasteiger charge is -2.32. The third-order valence-electron chi connectivity index (χ3n) is 6.73. The van der Waals surface area contributed by atoms with Crippen molar-refractivity contribution in [2.24, 2.45) is 23.7 Å². The number of hydrogen-bond acceptors (Lipinski definition) is 3. The SMILES string of the molecule is O=C(NC1[C@H]2[C@H]3CC[C@@H](C3)[C@H]12)N[C@@H]1CCCN(c2cccnc2)C1=O. The van der Waals surface area contributed by atoms with Gasteiger partial charge in [0, 0.05) is 18.8 Å². The van der Waals surface area contributed by atoms with Crippen molar-refractivity contribution in [1.82, 2.24) is 15.6 Å². The second-order valence-electron chi connectivity index (χ2n) is 8.03. The normalized spacial score (nSPS) is 38.4. The van der Waals surface area contributed by atoms with E-state index in [1.807, 2.05) is 12.1 Å². The Kier molecular flexibility index (Phi) is 3.47. The Balaban J connectivity index is 1.19. The van der Waals surface area contributed by atoms with Gasteiger partial charge in [0.15, 0.2) is 0 Å². The Morgan fingerprint density at radius 3 is 2.68 bits per heavy atom. The lowest BCUT2D eigenvalue weighted by Crippen LogP contribution is -2.55. The summed E-state index contributed by atoms with van der Waals surface area (Å²) < 4.78 is 0. The first kappa shape index (κ1) is 15.2. The Morgan fingerprint density at radius 2 is 1.96 bits per heavy atom. The van der Waals surface area contributed by atoms with Crippen LogP contribution in [0.2, 0.25) is 0 Å². The molecular weight excluding hydrogens is 316 g/mol. The summed E-state index contributed by atoms with van der Waals surface area (Å²) in [7, 11) is 0. The molecule has 4 aliphatic rings. The van der Waals surface area contributed by atoms with E-state index in [1.54, 1.807) is 17.3 Å². The minimum atomic E-state index is -0.440. The third kappa shape index (κ3) is 2.50. The zero-order chi connectivity index (χ0) is 17.0. The molecule has 3 saturated carbocycles. The third-order valence-corrected chi connectivity index (χ3v) is 6.73. The minimum absolute atomic E-state index is 0.0366. The van der Waals surface area contributed by atoms with Gasteiger partial charge < -0.3 is 15.5 Å². The number of fused-ring (bicyclic) bond motifs is 5. The van der Waals surface area contributed by atoms with Gasteiger partial charge in [0.1, 0.15) is 6.04 Å². The second kappa shape index (κ2) is 5.71. The van der Waals surface area contributed by atoms with Crippen LogP contribution in [0.25, 0.3) is 0 Å². The average Bonchev–Trinajstić information content (AvgIpc) is 3.01. The predicted octanol–water partition coefficient (Wildman–Crippen LogP) is 1.92. The monoisotopic (exact) mass is 340 g/mol. The van der Waals surface area contributed by atoms with Gasteiger partial charge in [-0.25, -0.2) is 4.79 Å². The quantitative estimate of drug-likeness (QED) is 0.883. The van der Waals surface area contributed by atoms with Gasteiger partial charge in [-0.2, -0.15) is 0 Å². The topological polar surface area (TPSA) is 74.3 Å². The van der Waals surface area contributed by atoms with Crippen LogP contribution in [0, 0.1) is 23.7 Å². The summed E-state index contributed by atoms with van der Waals surface area (Å²) in [5.41, 5.74) is 0.799. The molecule has 6 nitrogen and oxygen atoms in total. The van der Waals surface area contributed by atoms with Crippen LogP contribution in [-0.2, 0) is 4.79 Å².